The highest BCUT2D eigenvalue weighted by molar-refractivity contribution is 5.99. The highest BCUT2D eigenvalue weighted by Gasteiger charge is 2.41. The molecule has 4 heteroatoms. The molecule has 0 radical (unpaired) electrons. The molecular weight excluding hydrogens is 314 g/mol. The van der Waals surface area contributed by atoms with Crippen LogP contribution >= 0.6 is 0 Å². The number of amides is 1. The molecule has 0 unspecified atom stereocenters. The van der Waals surface area contributed by atoms with Gasteiger partial charge in [0.15, 0.2) is 0 Å². The van der Waals surface area contributed by atoms with Gasteiger partial charge in [0.1, 0.15) is 5.75 Å². The Bertz CT molecular complexity index is 689. The molecular formula is C21H25NO3. The summed E-state index contributed by atoms with van der Waals surface area (Å²) >= 11 is 0. The van der Waals surface area contributed by atoms with Gasteiger partial charge in [0.25, 0.3) is 0 Å². The van der Waals surface area contributed by atoms with Gasteiger partial charge >= 0.3 is 0 Å². The van der Waals surface area contributed by atoms with Crippen LogP contribution in [0, 0.1) is 0 Å². The number of carbonyl (C=O) groups is 1. The molecule has 1 heterocycles. The number of anilines is 1. The maximum Gasteiger partial charge on any atom is 0.235 e. The molecule has 0 spiro atoms. The molecule has 4 nitrogen and oxygen atoms in total. The van der Waals surface area contributed by atoms with Gasteiger partial charge in [-0.15, -0.1) is 0 Å². The van der Waals surface area contributed by atoms with E-state index in [-0.39, 0.29) is 12.0 Å². The minimum absolute atomic E-state index is 0.0273. The second-order valence-corrected chi connectivity index (χ2v) is 6.71. The van der Waals surface area contributed by atoms with Gasteiger partial charge in [0, 0.05) is 18.9 Å². The Morgan fingerprint density at radius 2 is 1.68 bits per heavy atom. The Hall–Kier alpha value is -2.33. The highest BCUT2D eigenvalue weighted by Crippen LogP contribution is 2.36. The van der Waals surface area contributed by atoms with Crippen LogP contribution < -0.4 is 10.1 Å². The van der Waals surface area contributed by atoms with Crippen molar-refractivity contribution < 1.29 is 14.3 Å². The van der Waals surface area contributed by atoms with Crippen molar-refractivity contribution in [1.29, 1.82) is 0 Å². The number of hydrogen-bond donors (Lipinski definition) is 1. The fourth-order valence-electron chi connectivity index (χ4n) is 3.26. The number of nitrogens with one attached hydrogen (secondary N) is 1. The van der Waals surface area contributed by atoms with Crippen LogP contribution in [0.3, 0.4) is 0 Å². The van der Waals surface area contributed by atoms with E-state index in [1.165, 1.54) is 0 Å². The summed E-state index contributed by atoms with van der Waals surface area (Å²) < 4.78 is 11.2. The van der Waals surface area contributed by atoms with Crippen molar-refractivity contribution in [3.63, 3.8) is 0 Å². The Balaban J connectivity index is 1.79. The average molecular weight is 339 g/mol. The number of benzene rings is 2. The van der Waals surface area contributed by atoms with E-state index in [0.29, 0.717) is 26.1 Å². The fourth-order valence-corrected chi connectivity index (χ4v) is 3.26. The molecule has 0 atom stereocenters. The Morgan fingerprint density at radius 1 is 1.04 bits per heavy atom. The zero-order chi connectivity index (χ0) is 17.7. The third kappa shape index (κ3) is 4.02. The lowest BCUT2D eigenvalue weighted by molar-refractivity contribution is -0.125. The van der Waals surface area contributed by atoms with Gasteiger partial charge in [-0.1, -0.05) is 30.3 Å². The molecule has 1 amide bonds. The molecule has 1 aliphatic heterocycles. The summed E-state index contributed by atoms with van der Waals surface area (Å²) in [6.45, 7) is 5.18. The summed E-state index contributed by atoms with van der Waals surface area (Å²) in [4.78, 5) is 13.2. The number of ether oxygens (including phenoxy) is 2. The van der Waals surface area contributed by atoms with E-state index in [2.05, 4.69) is 5.32 Å². The number of rotatable bonds is 5. The molecule has 132 valence electrons. The quantitative estimate of drug-likeness (QED) is 0.890. The van der Waals surface area contributed by atoms with E-state index in [4.69, 9.17) is 9.47 Å². The lowest BCUT2D eigenvalue weighted by atomic mass is 9.73. The van der Waals surface area contributed by atoms with Crippen LogP contribution in [0.4, 0.5) is 5.69 Å². The largest absolute Gasteiger partial charge is 0.491 e. The summed E-state index contributed by atoms with van der Waals surface area (Å²) in [5, 5.41) is 3.08. The Kier molecular flexibility index (Phi) is 5.39. The first-order valence-corrected chi connectivity index (χ1v) is 8.82. The summed E-state index contributed by atoms with van der Waals surface area (Å²) in [6, 6.07) is 17.5. The maximum atomic E-state index is 13.2. The summed E-state index contributed by atoms with van der Waals surface area (Å²) in [5.41, 5.74) is 1.30. The zero-order valence-electron chi connectivity index (χ0n) is 14.8. The lowest BCUT2D eigenvalue weighted by Gasteiger charge is -2.36. The SMILES string of the molecule is CC(C)Oc1ccc(NC(=O)C2(c3ccccc3)CCOCC2)cc1. The normalized spacial score (nSPS) is 16.4. The van der Waals surface area contributed by atoms with Gasteiger partial charge < -0.3 is 14.8 Å². The minimum atomic E-state index is -0.535. The molecule has 2 aromatic rings. The van der Waals surface area contributed by atoms with Gasteiger partial charge in [-0.3, -0.25) is 4.79 Å². The molecule has 3 rings (SSSR count). The second-order valence-electron chi connectivity index (χ2n) is 6.71. The Morgan fingerprint density at radius 3 is 2.28 bits per heavy atom. The third-order valence-electron chi connectivity index (χ3n) is 4.59. The predicted octanol–water partition coefficient (Wildman–Crippen LogP) is 4.16. The standard InChI is InChI=1S/C21H25NO3/c1-16(2)25-19-10-8-18(9-11-19)22-20(23)21(12-14-24-15-13-21)17-6-4-3-5-7-17/h3-11,16H,12-15H2,1-2H3,(H,22,23). The van der Waals surface area contributed by atoms with Gasteiger partial charge in [-0.2, -0.15) is 0 Å². The van der Waals surface area contributed by atoms with Crippen molar-refractivity contribution in [2.24, 2.45) is 0 Å². The first-order chi connectivity index (χ1) is 12.1. The molecule has 0 aliphatic carbocycles. The molecule has 1 saturated heterocycles. The van der Waals surface area contributed by atoms with Crippen molar-refractivity contribution in [2.75, 3.05) is 18.5 Å². The first kappa shape index (κ1) is 17.5. The van der Waals surface area contributed by atoms with Crippen LogP contribution in [0.15, 0.2) is 54.6 Å². The lowest BCUT2D eigenvalue weighted by Crippen LogP contribution is -2.44. The number of hydrogen-bond acceptors (Lipinski definition) is 3. The fraction of sp³-hybridized carbons (Fsp3) is 0.381. The van der Waals surface area contributed by atoms with E-state index in [9.17, 15) is 4.79 Å². The van der Waals surface area contributed by atoms with Gasteiger partial charge in [0.2, 0.25) is 5.91 Å². The maximum absolute atomic E-state index is 13.2. The molecule has 1 fully saturated rings. The van der Waals surface area contributed by atoms with Crippen LogP contribution in [0.5, 0.6) is 5.75 Å². The first-order valence-electron chi connectivity index (χ1n) is 8.82. The van der Waals surface area contributed by atoms with Crippen LogP contribution in [0.1, 0.15) is 32.3 Å². The zero-order valence-corrected chi connectivity index (χ0v) is 14.8. The van der Waals surface area contributed by atoms with Crippen LogP contribution in [0.25, 0.3) is 0 Å². The van der Waals surface area contributed by atoms with E-state index < -0.39 is 5.41 Å². The topological polar surface area (TPSA) is 47.6 Å². The summed E-state index contributed by atoms with van der Waals surface area (Å²) in [5.74, 6) is 0.830. The molecule has 25 heavy (non-hydrogen) atoms. The molecule has 0 aromatic heterocycles. The predicted molar refractivity (Wildman–Crippen MR) is 99.0 cm³/mol. The van der Waals surface area contributed by atoms with Gasteiger partial charge in [0.05, 0.1) is 11.5 Å². The van der Waals surface area contributed by atoms with Crippen molar-refractivity contribution in [2.45, 2.75) is 38.2 Å². The van der Waals surface area contributed by atoms with Crippen LogP contribution in [-0.4, -0.2) is 25.2 Å². The Labute approximate surface area is 149 Å². The van der Waals surface area contributed by atoms with E-state index in [1.54, 1.807) is 0 Å². The van der Waals surface area contributed by atoms with Crippen molar-refractivity contribution in [3.05, 3.63) is 60.2 Å². The molecule has 1 aliphatic rings. The van der Waals surface area contributed by atoms with E-state index >= 15 is 0 Å². The van der Waals surface area contributed by atoms with E-state index in [1.807, 2.05) is 68.4 Å². The van der Waals surface area contributed by atoms with Crippen LogP contribution in [-0.2, 0) is 14.9 Å². The van der Waals surface area contributed by atoms with Gasteiger partial charge in [-0.05, 0) is 56.5 Å². The molecule has 0 bridgehead atoms. The van der Waals surface area contributed by atoms with Gasteiger partial charge in [-0.25, -0.2) is 0 Å². The molecule has 1 N–H and O–H groups in total. The highest BCUT2D eigenvalue weighted by atomic mass is 16.5. The monoisotopic (exact) mass is 339 g/mol. The molecule has 0 saturated carbocycles. The summed E-state index contributed by atoms with van der Waals surface area (Å²) in [7, 11) is 0. The average Bonchev–Trinajstić information content (AvgIpc) is 2.64. The van der Waals surface area contributed by atoms with E-state index in [0.717, 1.165) is 17.0 Å². The minimum Gasteiger partial charge on any atom is -0.491 e. The smallest absolute Gasteiger partial charge is 0.235 e. The van der Waals surface area contributed by atoms with Crippen LogP contribution in [0.2, 0.25) is 0 Å². The second kappa shape index (κ2) is 7.70. The number of carbonyl (C=O) groups excluding carboxylic acids is 1. The van der Waals surface area contributed by atoms with Crippen molar-refractivity contribution in [3.8, 4) is 5.75 Å². The molecule has 2 aromatic carbocycles. The van der Waals surface area contributed by atoms with Crippen molar-refractivity contribution in [1.82, 2.24) is 0 Å². The van der Waals surface area contributed by atoms with Crippen molar-refractivity contribution >= 4 is 11.6 Å². The third-order valence-corrected chi connectivity index (χ3v) is 4.59. The summed E-state index contributed by atoms with van der Waals surface area (Å²) in [6.07, 6.45) is 1.51.